The van der Waals surface area contributed by atoms with Crippen LogP contribution in [0.1, 0.15) is 41.0 Å². The number of hydrogen-bond donors (Lipinski definition) is 0. The van der Waals surface area contributed by atoms with Crippen molar-refractivity contribution in [3.63, 3.8) is 0 Å². The third-order valence-corrected chi connectivity index (χ3v) is 6.97. The van der Waals surface area contributed by atoms with Crippen molar-refractivity contribution in [1.29, 1.82) is 0 Å². The van der Waals surface area contributed by atoms with E-state index in [0.29, 0.717) is 0 Å². The van der Waals surface area contributed by atoms with E-state index in [1.54, 1.807) is 0 Å². The van der Waals surface area contributed by atoms with Gasteiger partial charge in [0.15, 0.2) is 0 Å². The maximum Gasteiger partial charge on any atom is -0.0153 e. The molecular formula is C13H22. The summed E-state index contributed by atoms with van der Waals surface area (Å²) < 4.78 is 0. The lowest BCUT2D eigenvalue weighted by Crippen LogP contribution is -2.85. The minimum absolute atomic E-state index is 0.717. The Morgan fingerprint density at radius 1 is 0.923 bits per heavy atom. The Hall–Kier alpha value is 0. The molecule has 0 heterocycles. The van der Waals surface area contributed by atoms with Gasteiger partial charge in [-0.3, -0.25) is 0 Å². The van der Waals surface area contributed by atoms with Crippen LogP contribution in [0.3, 0.4) is 0 Å². The highest BCUT2D eigenvalue weighted by Gasteiger charge is 2.84. The van der Waals surface area contributed by atoms with Crippen molar-refractivity contribution in [2.75, 3.05) is 0 Å². The standard InChI is InChI=1S/C13H22/c1-7-6-11-10(4)12(5)8(2)9(3)13(7,11)12/h7-11H,6H2,1-5H3. The van der Waals surface area contributed by atoms with Gasteiger partial charge in [0.1, 0.15) is 0 Å². The van der Waals surface area contributed by atoms with Gasteiger partial charge in [0, 0.05) is 0 Å². The van der Waals surface area contributed by atoms with E-state index in [4.69, 9.17) is 0 Å². The van der Waals surface area contributed by atoms with Crippen molar-refractivity contribution in [2.24, 2.45) is 40.4 Å². The molecule has 0 aromatic rings. The van der Waals surface area contributed by atoms with Gasteiger partial charge in [0.25, 0.3) is 0 Å². The van der Waals surface area contributed by atoms with Crippen LogP contribution in [0.5, 0.6) is 0 Å². The SMILES string of the molecule is CC1C(C)C23C(C)CC2C(C)C13C. The first-order valence-corrected chi connectivity index (χ1v) is 5.99. The average Bonchev–Trinajstić information content (AvgIpc) is 2.11. The maximum atomic E-state index is 2.56. The van der Waals surface area contributed by atoms with Crippen LogP contribution < -0.4 is 0 Å². The van der Waals surface area contributed by atoms with Gasteiger partial charge in [-0.05, 0) is 46.8 Å². The highest BCUT2D eigenvalue weighted by molar-refractivity contribution is 5.31. The monoisotopic (exact) mass is 178 g/mol. The van der Waals surface area contributed by atoms with E-state index < -0.39 is 0 Å². The molecule has 3 aliphatic rings. The van der Waals surface area contributed by atoms with Crippen molar-refractivity contribution in [1.82, 2.24) is 0 Å². The summed E-state index contributed by atoms with van der Waals surface area (Å²) in [6, 6.07) is 0. The van der Waals surface area contributed by atoms with E-state index in [-0.39, 0.29) is 0 Å². The predicted octanol–water partition coefficient (Wildman–Crippen LogP) is 3.57. The lowest BCUT2D eigenvalue weighted by Gasteiger charge is -2.89. The molecular weight excluding hydrogens is 156 g/mol. The van der Waals surface area contributed by atoms with Gasteiger partial charge in [-0.2, -0.15) is 0 Å². The Morgan fingerprint density at radius 2 is 1.54 bits per heavy atom. The van der Waals surface area contributed by atoms with Crippen LogP contribution in [-0.4, -0.2) is 0 Å². The molecule has 0 nitrogen and oxygen atoms in total. The first kappa shape index (κ1) is 8.32. The van der Waals surface area contributed by atoms with Gasteiger partial charge in [-0.1, -0.05) is 34.6 Å². The van der Waals surface area contributed by atoms with Crippen molar-refractivity contribution in [2.45, 2.75) is 41.0 Å². The molecule has 3 rings (SSSR count). The van der Waals surface area contributed by atoms with Crippen LogP contribution in [0.15, 0.2) is 0 Å². The van der Waals surface area contributed by atoms with Gasteiger partial charge >= 0.3 is 0 Å². The van der Waals surface area contributed by atoms with Gasteiger partial charge in [-0.15, -0.1) is 0 Å². The van der Waals surface area contributed by atoms with Gasteiger partial charge < -0.3 is 0 Å². The molecule has 3 fully saturated rings. The molecule has 0 aliphatic heterocycles. The lowest BCUT2D eigenvalue weighted by molar-refractivity contribution is -0.420. The van der Waals surface area contributed by atoms with E-state index in [2.05, 4.69) is 34.6 Å². The molecule has 74 valence electrons. The minimum Gasteiger partial charge on any atom is -0.0619 e. The molecule has 0 aromatic carbocycles. The minimum atomic E-state index is 0.717. The molecule has 0 saturated heterocycles. The van der Waals surface area contributed by atoms with E-state index in [1.807, 2.05) is 0 Å². The summed E-state index contributed by atoms with van der Waals surface area (Å²) in [4.78, 5) is 0. The van der Waals surface area contributed by atoms with Crippen LogP contribution in [0, 0.1) is 40.4 Å². The lowest BCUT2D eigenvalue weighted by atomic mass is 9.15. The molecule has 1 spiro atoms. The van der Waals surface area contributed by atoms with Crippen LogP contribution >= 0.6 is 0 Å². The Labute approximate surface area is 82.1 Å². The molecule has 0 radical (unpaired) electrons. The molecule has 7 unspecified atom stereocenters. The normalized spacial score (nSPS) is 74.1. The summed E-state index contributed by atoms with van der Waals surface area (Å²) in [7, 11) is 0. The molecule has 0 aromatic heterocycles. The van der Waals surface area contributed by atoms with E-state index >= 15 is 0 Å². The molecule has 3 aliphatic carbocycles. The van der Waals surface area contributed by atoms with E-state index in [0.717, 1.165) is 40.4 Å². The predicted molar refractivity (Wildman–Crippen MR) is 55.3 cm³/mol. The summed E-state index contributed by atoms with van der Waals surface area (Å²) in [5.74, 6) is 5.10. The zero-order chi connectivity index (χ0) is 9.59. The number of hydrogen-bond acceptors (Lipinski definition) is 0. The third kappa shape index (κ3) is 0.461. The number of rotatable bonds is 0. The summed E-state index contributed by atoms with van der Waals surface area (Å²) in [6.45, 7) is 12.5. The second-order valence-corrected chi connectivity index (χ2v) is 6.32. The second kappa shape index (κ2) is 1.85. The summed E-state index contributed by atoms with van der Waals surface area (Å²) in [5, 5.41) is 0. The van der Waals surface area contributed by atoms with E-state index in [1.165, 1.54) is 6.42 Å². The van der Waals surface area contributed by atoms with Crippen LogP contribution in [-0.2, 0) is 0 Å². The van der Waals surface area contributed by atoms with Gasteiger partial charge in [-0.25, -0.2) is 0 Å². The fourth-order valence-electron chi connectivity index (χ4n) is 6.16. The Balaban J connectivity index is 2.02. The molecule has 7 atom stereocenters. The van der Waals surface area contributed by atoms with Crippen molar-refractivity contribution in [3.05, 3.63) is 0 Å². The third-order valence-electron chi connectivity index (χ3n) is 6.97. The molecule has 0 amide bonds. The second-order valence-electron chi connectivity index (χ2n) is 6.32. The molecule has 13 heavy (non-hydrogen) atoms. The van der Waals surface area contributed by atoms with Crippen LogP contribution in [0.4, 0.5) is 0 Å². The van der Waals surface area contributed by atoms with E-state index in [9.17, 15) is 0 Å². The van der Waals surface area contributed by atoms with Gasteiger partial charge in [0.2, 0.25) is 0 Å². The quantitative estimate of drug-likeness (QED) is 0.532. The topological polar surface area (TPSA) is 0 Å². The maximum absolute atomic E-state index is 2.56. The van der Waals surface area contributed by atoms with Crippen molar-refractivity contribution in [3.8, 4) is 0 Å². The van der Waals surface area contributed by atoms with Crippen molar-refractivity contribution >= 4 is 0 Å². The van der Waals surface area contributed by atoms with Crippen LogP contribution in [0.25, 0.3) is 0 Å². The molecule has 0 heteroatoms. The average molecular weight is 178 g/mol. The van der Waals surface area contributed by atoms with Gasteiger partial charge in [0.05, 0.1) is 0 Å². The summed E-state index contributed by atoms with van der Waals surface area (Å²) >= 11 is 0. The Bertz CT molecular complexity index is 253. The summed E-state index contributed by atoms with van der Waals surface area (Å²) in [6.07, 6.45) is 1.52. The smallest absolute Gasteiger partial charge is 0.0153 e. The fraction of sp³-hybridized carbons (Fsp3) is 1.00. The van der Waals surface area contributed by atoms with Crippen molar-refractivity contribution < 1.29 is 0 Å². The van der Waals surface area contributed by atoms with Crippen LogP contribution in [0.2, 0.25) is 0 Å². The largest absolute Gasteiger partial charge is 0.0619 e. The summed E-state index contributed by atoms with van der Waals surface area (Å²) in [5.41, 5.74) is 1.51. The Kier molecular flexibility index (Phi) is 1.19. The highest BCUT2D eigenvalue weighted by atomic mass is 14.9. The molecule has 0 bridgehead atoms. The first-order valence-electron chi connectivity index (χ1n) is 5.99. The highest BCUT2D eigenvalue weighted by Crippen LogP contribution is 2.89. The molecule has 3 saturated carbocycles. The zero-order valence-corrected chi connectivity index (χ0v) is 9.59. The Morgan fingerprint density at radius 3 is 2.00 bits per heavy atom. The molecule has 0 N–H and O–H groups in total. The first-order chi connectivity index (χ1) is 5.99. The zero-order valence-electron chi connectivity index (χ0n) is 9.59. The fourth-order valence-corrected chi connectivity index (χ4v) is 6.16.